The number of hydrogen-bond donors (Lipinski definition) is 1. The maximum absolute atomic E-state index is 11.5. The van der Waals surface area contributed by atoms with Crippen LogP contribution in [0, 0.1) is 0 Å². The molecular formula is C32H37NO6S. The Morgan fingerprint density at radius 3 is 2.05 bits per heavy atom. The first-order valence-electron chi connectivity index (χ1n) is 13.0. The van der Waals surface area contributed by atoms with Crippen LogP contribution >= 0.6 is 11.8 Å². The van der Waals surface area contributed by atoms with Gasteiger partial charge < -0.3 is 33.7 Å². The third kappa shape index (κ3) is 6.58. The lowest BCUT2D eigenvalue weighted by Gasteiger charge is -2.24. The molecule has 1 N–H and O–H groups in total. The van der Waals surface area contributed by atoms with E-state index in [1.165, 1.54) is 0 Å². The van der Waals surface area contributed by atoms with Gasteiger partial charge in [0, 0.05) is 18.0 Å². The van der Waals surface area contributed by atoms with Crippen molar-refractivity contribution < 1.29 is 28.8 Å². The number of aliphatic hydroxyl groups is 1. The second kappa shape index (κ2) is 13.7. The van der Waals surface area contributed by atoms with Crippen molar-refractivity contribution in [2.45, 2.75) is 22.3 Å². The quantitative estimate of drug-likeness (QED) is 0.205. The zero-order chi connectivity index (χ0) is 28.6. The number of benzene rings is 4. The van der Waals surface area contributed by atoms with Gasteiger partial charge in [0.25, 0.3) is 0 Å². The molecule has 0 bridgehead atoms. The fourth-order valence-corrected chi connectivity index (χ4v) is 5.91. The molecule has 0 amide bonds. The van der Waals surface area contributed by atoms with Crippen LogP contribution in [0.1, 0.15) is 17.2 Å². The number of fused-ring (bicyclic) bond motifs is 1. The minimum absolute atomic E-state index is 0.434. The molecule has 212 valence electrons. The van der Waals surface area contributed by atoms with Gasteiger partial charge in [0.05, 0.1) is 46.5 Å². The van der Waals surface area contributed by atoms with Crippen molar-refractivity contribution in [2.24, 2.45) is 0 Å². The number of ether oxygens (including phenoxy) is 5. The minimum atomic E-state index is -0.765. The number of aliphatic hydroxyl groups excluding tert-OH is 1. The van der Waals surface area contributed by atoms with E-state index in [1.807, 2.05) is 55.6 Å². The molecule has 0 heterocycles. The van der Waals surface area contributed by atoms with Gasteiger partial charge in [-0.2, -0.15) is 0 Å². The standard InChI is InChI=1S/C32H37NO6S/c1-33(16-15-21-11-13-26(35-2)28(17-21)37-4)20-25(34)24-18-29(38-5)30(39-6)19-31(24)40-32-23-10-8-7-9-22(23)12-14-27(32)36-3/h7-14,17-19,25,34H,15-16,20H2,1-6H3. The van der Waals surface area contributed by atoms with Gasteiger partial charge in [-0.05, 0) is 65.7 Å². The van der Waals surface area contributed by atoms with Crippen LogP contribution in [-0.4, -0.2) is 65.7 Å². The number of likely N-dealkylation sites (N-methyl/N-ethyl adjacent to an activating group) is 1. The second-order valence-electron chi connectivity index (χ2n) is 9.38. The van der Waals surface area contributed by atoms with Gasteiger partial charge in [-0.3, -0.25) is 0 Å². The monoisotopic (exact) mass is 563 g/mol. The van der Waals surface area contributed by atoms with Gasteiger partial charge in [-0.1, -0.05) is 48.2 Å². The summed E-state index contributed by atoms with van der Waals surface area (Å²) in [7, 11) is 10.2. The molecule has 0 aromatic heterocycles. The Balaban J connectivity index is 1.60. The molecule has 4 aromatic rings. The molecule has 0 saturated carbocycles. The first-order chi connectivity index (χ1) is 19.4. The van der Waals surface area contributed by atoms with Crippen molar-refractivity contribution in [3.05, 3.63) is 77.9 Å². The Bertz CT molecular complexity index is 1440. The molecule has 1 atom stereocenters. The summed E-state index contributed by atoms with van der Waals surface area (Å²) >= 11 is 1.55. The molecule has 8 heteroatoms. The summed E-state index contributed by atoms with van der Waals surface area (Å²) in [5, 5.41) is 13.7. The molecule has 1 unspecified atom stereocenters. The van der Waals surface area contributed by atoms with E-state index in [2.05, 4.69) is 23.1 Å². The average molecular weight is 564 g/mol. The lowest BCUT2D eigenvalue weighted by Crippen LogP contribution is -2.27. The van der Waals surface area contributed by atoms with Gasteiger partial charge in [-0.15, -0.1) is 0 Å². The predicted molar refractivity (Wildman–Crippen MR) is 160 cm³/mol. The van der Waals surface area contributed by atoms with E-state index in [9.17, 15) is 5.11 Å². The second-order valence-corrected chi connectivity index (χ2v) is 10.4. The van der Waals surface area contributed by atoms with Crippen molar-refractivity contribution in [3.8, 4) is 28.7 Å². The SMILES string of the molecule is COc1ccc(CCN(C)CC(O)c2cc(OC)c(OC)cc2Sc2c(OC)ccc3ccccc23)cc1OC. The van der Waals surface area contributed by atoms with Crippen LogP contribution in [0.4, 0.5) is 0 Å². The number of methoxy groups -OCH3 is 5. The van der Waals surface area contributed by atoms with E-state index in [4.69, 9.17) is 23.7 Å². The molecule has 0 spiro atoms. The third-order valence-corrected chi connectivity index (χ3v) is 8.06. The van der Waals surface area contributed by atoms with E-state index in [0.29, 0.717) is 29.5 Å². The average Bonchev–Trinajstić information content (AvgIpc) is 2.99. The molecule has 0 aliphatic rings. The fraction of sp³-hybridized carbons (Fsp3) is 0.312. The van der Waals surface area contributed by atoms with Gasteiger partial charge >= 0.3 is 0 Å². The first kappa shape index (κ1) is 29.4. The predicted octanol–water partition coefficient (Wildman–Crippen LogP) is 6.24. The fourth-order valence-electron chi connectivity index (χ4n) is 4.66. The van der Waals surface area contributed by atoms with Gasteiger partial charge in [0.1, 0.15) is 5.75 Å². The smallest absolute Gasteiger partial charge is 0.161 e. The molecule has 4 aromatic carbocycles. The maximum atomic E-state index is 11.5. The van der Waals surface area contributed by atoms with E-state index in [1.54, 1.807) is 47.3 Å². The van der Waals surface area contributed by atoms with Crippen LogP contribution < -0.4 is 23.7 Å². The van der Waals surface area contributed by atoms with Gasteiger partial charge in [0.15, 0.2) is 23.0 Å². The summed E-state index contributed by atoms with van der Waals surface area (Å²) in [6, 6.07) is 22.0. The molecular weight excluding hydrogens is 526 g/mol. The number of nitrogens with zero attached hydrogens (tertiary/aromatic N) is 1. The van der Waals surface area contributed by atoms with E-state index < -0.39 is 6.10 Å². The summed E-state index contributed by atoms with van der Waals surface area (Å²) < 4.78 is 27.7. The van der Waals surface area contributed by atoms with Crippen LogP contribution in [0.25, 0.3) is 10.8 Å². The highest BCUT2D eigenvalue weighted by atomic mass is 32.2. The molecule has 40 heavy (non-hydrogen) atoms. The van der Waals surface area contributed by atoms with E-state index in [-0.39, 0.29) is 0 Å². The van der Waals surface area contributed by atoms with Crippen molar-refractivity contribution in [2.75, 3.05) is 55.7 Å². The summed E-state index contributed by atoms with van der Waals surface area (Å²) in [6.45, 7) is 1.18. The Hall–Kier alpha value is -3.59. The van der Waals surface area contributed by atoms with Crippen LogP contribution in [0.3, 0.4) is 0 Å². The molecule has 0 saturated heterocycles. The molecule has 4 rings (SSSR count). The molecule has 7 nitrogen and oxygen atoms in total. The molecule has 0 radical (unpaired) electrons. The largest absolute Gasteiger partial charge is 0.496 e. The summed E-state index contributed by atoms with van der Waals surface area (Å²) in [5.74, 6) is 3.35. The zero-order valence-corrected chi connectivity index (χ0v) is 24.7. The number of hydrogen-bond acceptors (Lipinski definition) is 8. The Morgan fingerprint density at radius 2 is 1.35 bits per heavy atom. The normalized spacial score (nSPS) is 11.9. The summed E-state index contributed by atoms with van der Waals surface area (Å²) in [6.07, 6.45) is 0.0308. The lowest BCUT2D eigenvalue weighted by molar-refractivity contribution is 0.125. The highest BCUT2D eigenvalue weighted by Crippen LogP contribution is 2.46. The van der Waals surface area contributed by atoms with Crippen molar-refractivity contribution in [3.63, 3.8) is 0 Å². The summed E-state index contributed by atoms with van der Waals surface area (Å²) in [4.78, 5) is 3.96. The summed E-state index contributed by atoms with van der Waals surface area (Å²) in [5.41, 5.74) is 1.89. The van der Waals surface area contributed by atoms with Crippen LogP contribution in [0.5, 0.6) is 28.7 Å². The van der Waals surface area contributed by atoms with Crippen LogP contribution in [0.15, 0.2) is 76.5 Å². The van der Waals surface area contributed by atoms with E-state index >= 15 is 0 Å². The lowest BCUT2D eigenvalue weighted by atomic mass is 10.1. The van der Waals surface area contributed by atoms with Crippen molar-refractivity contribution >= 4 is 22.5 Å². The molecule has 0 aliphatic heterocycles. The maximum Gasteiger partial charge on any atom is 0.161 e. The Labute approximate surface area is 240 Å². The van der Waals surface area contributed by atoms with Crippen molar-refractivity contribution in [1.29, 1.82) is 0 Å². The molecule has 0 fully saturated rings. The van der Waals surface area contributed by atoms with Crippen LogP contribution in [0.2, 0.25) is 0 Å². The van der Waals surface area contributed by atoms with Gasteiger partial charge in [-0.25, -0.2) is 0 Å². The van der Waals surface area contributed by atoms with Crippen LogP contribution in [-0.2, 0) is 6.42 Å². The van der Waals surface area contributed by atoms with E-state index in [0.717, 1.165) is 50.4 Å². The highest BCUT2D eigenvalue weighted by molar-refractivity contribution is 7.99. The first-order valence-corrected chi connectivity index (χ1v) is 13.8. The highest BCUT2D eigenvalue weighted by Gasteiger charge is 2.22. The van der Waals surface area contributed by atoms with Crippen molar-refractivity contribution in [1.82, 2.24) is 4.90 Å². The minimum Gasteiger partial charge on any atom is -0.496 e. The topological polar surface area (TPSA) is 69.6 Å². The van der Waals surface area contributed by atoms with Gasteiger partial charge in [0.2, 0.25) is 0 Å². The Morgan fingerprint density at radius 1 is 0.725 bits per heavy atom. The number of rotatable bonds is 13. The Kier molecular flexibility index (Phi) is 10.0. The molecule has 0 aliphatic carbocycles. The zero-order valence-electron chi connectivity index (χ0n) is 23.9. The third-order valence-electron chi connectivity index (χ3n) is 6.87.